The Kier molecular flexibility index (Phi) is 3.11. The van der Waals surface area contributed by atoms with Crippen molar-refractivity contribution < 1.29 is 5.11 Å². The SMILES string of the molecule is CC(C)(CO)CNC1C2(C)CCC(C2)C1(C)C. The fourth-order valence-corrected chi connectivity index (χ4v) is 4.25. The van der Waals surface area contributed by atoms with Crippen LogP contribution in [-0.2, 0) is 0 Å². The van der Waals surface area contributed by atoms with Crippen LogP contribution in [0.1, 0.15) is 53.9 Å². The predicted molar refractivity (Wildman–Crippen MR) is 71.9 cm³/mol. The van der Waals surface area contributed by atoms with Crippen LogP contribution < -0.4 is 5.32 Å². The summed E-state index contributed by atoms with van der Waals surface area (Å²) >= 11 is 0. The van der Waals surface area contributed by atoms with Crippen molar-refractivity contribution in [1.29, 1.82) is 0 Å². The van der Waals surface area contributed by atoms with E-state index in [0.717, 1.165) is 12.5 Å². The van der Waals surface area contributed by atoms with E-state index in [2.05, 4.69) is 39.9 Å². The third kappa shape index (κ3) is 2.15. The van der Waals surface area contributed by atoms with E-state index < -0.39 is 0 Å². The molecule has 17 heavy (non-hydrogen) atoms. The van der Waals surface area contributed by atoms with Gasteiger partial charge in [0.05, 0.1) is 0 Å². The topological polar surface area (TPSA) is 32.3 Å². The molecule has 2 aliphatic carbocycles. The zero-order chi connectivity index (χ0) is 12.9. The summed E-state index contributed by atoms with van der Waals surface area (Å²) in [6.45, 7) is 12.7. The Balaban J connectivity index is 2.05. The van der Waals surface area contributed by atoms with E-state index in [-0.39, 0.29) is 12.0 Å². The number of aliphatic hydroxyl groups excluding tert-OH is 1. The molecule has 2 heteroatoms. The van der Waals surface area contributed by atoms with Crippen LogP contribution in [-0.4, -0.2) is 24.3 Å². The molecular formula is C15H29NO. The molecule has 2 bridgehead atoms. The molecule has 0 aromatic heterocycles. The minimum absolute atomic E-state index is 0.00568. The van der Waals surface area contributed by atoms with Gasteiger partial charge in [-0.2, -0.15) is 0 Å². The molecule has 0 aliphatic heterocycles. The van der Waals surface area contributed by atoms with Gasteiger partial charge in [-0.1, -0.05) is 34.6 Å². The molecule has 3 unspecified atom stereocenters. The second-order valence-corrected chi connectivity index (χ2v) is 8.05. The third-order valence-electron chi connectivity index (χ3n) is 5.48. The average Bonchev–Trinajstić information content (AvgIpc) is 2.68. The van der Waals surface area contributed by atoms with Gasteiger partial charge in [-0.15, -0.1) is 0 Å². The van der Waals surface area contributed by atoms with E-state index in [0.29, 0.717) is 16.9 Å². The number of hydrogen-bond donors (Lipinski definition) is 2. The molecule has 0 aromatic rings. The maximum atomic E-state index is 9.35. The molecule has 100 valence electrons. The summed E-state index contributed by atoms with van der Waals surface area (Å²) in [5, 5.41) is 13.1. The molecule has 0 spiro atoms. The minimum atomic E-state index is -0.00568. The summed E-state index contributed by atoms with van der Waals surface area (Å²) in [6, 6.07) is 0.611. The second-order valence-electron chi connectivity index (χ2n) is 8.05. The Morgan fingerprint density at radius 3 is 2.41 bits per heavy atom. The maximum Gasteiger partial charge on any atom is 0.0494 e. The third-order valence-corrected chi connectivity index (χ3v) is 5.48. The minimum Gasteiger partial charge on any atom is -0.396 e. The first-order valence-electron chi connectivity index (χ1n) is 7.06. The fraction of sp³-hybridized carbons (Fsp3) is 1.00. The summed E-state index contributed by atoms with van der Waals surface area (Å²) in [5.41, 5.74) is 0.895. The first kappa shape index (κ1) is 13.4. The van der Waals surface area contributed by atoms with Crippen molar-refractivity contribution in [2.24, 2.45) is 22.2 Å². The largest absolute Gasteiger partial charge is 0.396 e. The highest BCUT2D eigenvalue weighted by Crippen LogP contribution is 2.62. The number of fused-ring (bicyclic) bond motifs is 2. The molecule has 2 rings (SSSR count). The number of hydrogen-bond acceptors (Lipinski definition) is 2. The Hall–Kier alpha value is -0.0800. The summed E-state index contributed by atoms with van der Waals surface area (Å²) in [4.78, 5) is 0. The van der Waals surface area contributed by atoms with Crippen molar-refractivity contribution in [2.45, 2.75) is 59.9 Å². The molecular weight excluding hydrogens is 210 g/mol. The average molecular weight is 239 g/mol. The molecule has 0 aromatic carbocycles. The van der Waals surface area contributed by atoms with Crippen LogP contribution in [0.5, 0.6) is 0 Å². The van der Waals surface area contributed by atoms with Crippen molar-refractivity contribution >= 4 is 0 Å². The lowest BCUT2D eigenvalue weighted by atomic mass is 9.68. The van der Waals surface area contributed by atoms with Gasteiger partial charge >= 0.3 is 0 Å². The lowest BCUT2D eigenvalue weighted by Crippen LogP contribution is -2.52. The summed E-state index contributed by atoms with van der Waals surface area (Å²) in [6.07, 6.45) is 4.17. The van der Waals surface area contributed by atoms with Gasteiger partial charge < -0.3 is 10.4 Å². The molecule has 2 N–H and O–H groups in total. The lowest BCUT2D eigenvalue weighted by molar-refractivity contribution is 0.0845. The van der Waals surface area contributed by atoms with E-state index in [1.165, 1.54) is 19.3 Å². The fourth-order valence-electron chi connectivity index (χ4n) is 4.25. The highest BCUT2D eigenvalue weighted by Gasteiger charge is 2.59. The Labute approximate surface area is 106 Å². The zero-order valence-corrected chi connectivity index (χ0v) is 12.1. The zero-order valence-electron chi connectivity index (χ0n) is 12.1. The quantitative estimate of drug-likeness (QED) is 0.790. The van der Waals surface area contributed by atoms with Gasteiger partial charge in [-0.3, -0.25) is 0 Å². The van der Waals surface area contributed by atoms with Crippen LogP contribution in [0, 0.1) is 22.2 Å². The van der Waals surface area contributed by atoms with Crippen LogP contribution >= 0.6 is 0 Å². The van der Waals surface area contributed by atoms with E-state index in [9.17, 15) is 5.11 Å². The van der Waals surface area contributed by atoms with Crippen molar-refractivity contribution in [1.82, 2.24) is 5.32 Å². The Bertz CT molecular complexity index is 293. The standard InChI is InChI=1S/C15H29NO/c1-13(2,10-17)9-16-12-14(3,4)11-6-7-15(12,5)8-11/h11-12,16-17H,6-10H2,1-5H3. The van der Waals surface area contributed by atoms with Gasteiger partial charge in [-0.25, -0.2) is 0 Å². The smallest absolute Gasteiger partial charge is 0.0494 e. The van der Waals surface area contributed by atoms with Gasteiger partial charge in [0.25, 0.3) is 0 Å². The molecule has 0 saturated heterocycles. The van der Waals surface area contributed by atoms with E-state index in [4.69, 9.17) is 0 Å². The lowest BCUT2D eigenvalue weighted by Gasteiger charge is -2.44. The van der Waals surface area contributed by atoms with Crippen LogP contribution in [0.15, 0.2) is 0 Å². The molecule has 2 nitrogen and oxygen atoms in total. The second kappa shape index (κ2) is 3.96. The van der Waals surface area contributed by atoms with Crippen LogP contribution in [0.3, 0.4) is 0 Å². The number of aliphatic hydroxyl groups is 1. The number of nitrogens with one attached hydrogen (secondary N) is 1. The van der Waals surface area contributed by atoms with Crippen molar-refractivity contribution in [3.63, 3.8) is 0 Å². The highest BCUT2D eigenvalue weighted by atomic mass is 16.3. The first-order valence-corrected chi connectivity index (χ1v) is 7.06. The van der Waals surface area contributed by atoms with Crippen LogP contribution in [0.25, 0.3) is 0 Å². The van der Waals surface area contributed by atoms with Gasteiger partial charge in [0.2, 0.25) is 0 Å². The van der Waals surface area contributed by atoms with E-state index >= 15 is 0 Å². The van der Waals surface area contributed by atoms with E-state index in [1.807, 2.05) is 0 Å². The molecule has 2 fully saturated rings. The predicted octanol–water partition coefficient (Wildman–Crippen LogP) is 2.81. The van der Waals surface area contributed by atoms with Crippen LogP contribution in [0.2, 0.25) is 0 Å². The van der Waals surface area contributed by atoms with Crippen molar-refractivity contribution in [2.75, 3.05) is 13.2 Å². The van der Waals surface area contributed by atoms with Gasteiger partial charge in [0, 0.05) is 24.6 Å². The molecule has 0 heterocycles. The van der Waals surface area contributed by atoms with Gasteiger partial charge in [0.1, 0.15) is 0 Å². The molecule has 2 saturated carbocycles. The number of rotatable bonds is 4. The summed E-state index contributed by atoms with van der Waals surface area (Å²) in [7, 11) is 0. The Morgan fingerprint density at radius 2 is 1.94 bits per heavy atom. The molecule has 0 radical (unpaired) electrons. The maximum absolute atomic E-state index is 9.35. The highest BCUT2D eigenvalue weighted by molar-refractivity contribution is 5.12. The monoisotopic (exact) mass is 239 g/mol. The van der Waals surface area contributed by atoms with Gasteiger partial charge in [0.15, 0.2) is 0 Å². The first-order chi connectivity index (χ1) is 7.71. The van der Waals surface area contributed by atoms with Crippen molar-refractivity contribution in [3.05, 3.63) is 0 Å². The van der Waals surface area contributed by atoms with Crippen LogP contribution in [0.4, 0.5) is 0 Å². The normalized spacial score (nSPS) is 39.9. The molecule has 2 aliphatic rings. The van der Waals surface area contributed by atoms with E-state index in [1.54, 1.807) is 0 Å². The van der Waals surface area contributed by atoms with Gasteiger partial charge in [-0.05, 0) is 36.0 Å². The van der Waals surface area contributed by atoms with Crippen molar-refractivity contribution in [3.8, 4) is 0 Å². The Morgan fingerprint density at radius 1 is 1.29 bits per heavy atom. The molecule has 0 amide bonds. The summed E-state index contributed by atoms with van der Waals surface area (Å²) in [5.74, 6) is 0.891. The molecule has 3 atom stereocenters. The summed E-state index contributed by atoms with van der Waals surface area (Å²) < 4.78 is 0.